The quantitative estimate of drug-likeness (QED) is 0.550. The highest BCUT2D eigenvalue weighted by Gasteiger charge is 2.69. The van der Waals surface area contributed by atoms with E-state index in [0.29, 0.717) is 12.8 Å². The molecule has 4 unspecified atom stereocenters. The number of carbonyl (C=O) groups is 1. The van der Waals surface area contributed by atoms with Crippen LogP contribution in [0.3, 0.4) is 0 Å². The number of rotatable bonds is 2. The largest absolute Gasteiger partial charge is 0.468 e. The van der Waals surface area contributed by atoms with Crippen molar-refractivity contribution in [3.8, 4) is 0 Å². The Balaban J connectivity index is 2.50. The van der Waals surface area contributed by atoms with Crippen LogP contribution in [-0.2, 0) is 23.8 Å². The van der Waals surface area contributed by atoms with E-state index in [1.165, 1.54) is 7.11 Å². The SMILES string of the molecule is CCC1CC2C(C)OS(=O)(=O)C2(C(=O)OC)C1. The molecule has 0 N–H and O–H groups in total. The second-order valence-electron chi connectivity index (χ2n) is 4.96. The molecular formula is C11H18O5S. The van der Waals surface area contributed by atoms with Crippen LogP contribution in [-0.4, -0.2) is 32.3 Å². The molecule has 0 amide bonds. The first-order valence-corrected chi connectivity index (χ1v) is 7.31. The van der Waals surface area contributed by atoms with E-state index in [1.54, 1.807) is 6.92 Å². The summed E-state index contributed by atoms with van der Waals surface area (Å²) >= 11 is 0. The standard InChI is InChI=1S/C11H18O5S/c1-4-8-5-9-7(2)16-17(13,14)11(9,6-8)10(12)15-3/h7-9H,4-6H2,1-3H3. The number of ether oxygens (including phenoxy) is 1. The van der Waals surface area contributed by atoms with Crippen molar-refractivity contribution in [3.63, 3.8) is 0 Å². The molecule has 2 rings (SSSR count). The molecule has 0 aromatic rings. The number of fused-ring (bicyclic) bond motifs is 1. The van der Waals surface area contributed by atoms with E-state index in [1.807, 2.05) is 6.92 Å². The van der Waals surface area contributed by atoms with E-state index < -0.39 is 26.9 Å². The summed E-state index contributed by atoms with van der Waals surface area (Å²) in [7, 11) is -2.64. The summed E-state index contributed by atoms with van der Waals surface area (Å²) in [4.78, 5) is 12.0. The minimum absolute atomic E-state index is 0.250. The Morgan fingerprint density at radius 2 is 2.18 bits per heavy atom. The summed E-state index contributed by atoms with van der Waals surface area (Å²) in [5, 5.41) is 0. The smallest absolute Gasteiger partial charge is 0.330 e. The van der Waals surface area contributed by atoms with Crippen molar-refractivity contribution in [3.05, 3.63) is 0 Å². The van der Waals surface area contributed by atoms with E-state index in [9.17, 15) is 13.2 Å². The van der Waals surface area contributed by atoms with Crippen molar-refractivity contribution in [1.82, 2.24) is 0 Å². The Morgan fingerprint density at radius 3 is 2.71 bits per heavy atom. The third kappa shape index (κ3) is 1.53. The maximum atomic E-state index is 12.1. The number of carbonyl (C=O) groups excluding carboxylic acids is 1. The van der Waals surface area contributed by atoms with Crippen molar-refractivity contribution in [1.29, 1.82) is 0 Å². The molecule has 2 aliphatic rings. The van der Waals surface area contributed by atoms with Crippen LogP contribution in [0, 0.1) is 11.8 Å². The lowest BCUT2D eigenvalue weighted by molar-refractivity contribution is -0.144. The van der Waals surface area contributed by atoms with E-state index in [4.69, 9.17) is 8.92 Å². The highest BCUT2D eigenvalue weighted by molar-refractivity contribution is 7.89. The van der Waals surface area contributed by atoms with Crippen LogP contribution in [0.4, 0.5) is 0 Å². The van der Waals surface area contributed by atoms with Gasteiger partial charge >= 0.3 is 5.97 Å². The average molecular weight is 262 g/mol. The lowest BCUT2D eigenvalue weighted by Crippen LogP contribution is -2.46. The Hall–Kier alpha value is -0.620. The predicted octanol–water partition coefficient (Wildman–Crippen LogP) is 1.08. The summed E-state index contributed by atoms with van der Waals surface area (Å²) < 4.78 is 32.5. The molecule has 0 spiro atoms. The molecule has 1 heterocycles. The van der Waals surface area contributed by atoms with Crippen LogP contribution in [0.1, 0.15) is 33.1 Å². The molecular weight excluding hydrogens is 244 g/mol. The molecule has 2 fully saturated rings. The average Bonchev–Trinajstić information content (AvgIpc) is 2.75. The fraction of sp³-hybridized carbons (Fsp3) is 0.909. The van der Waals surface area contributed by atoms with Gasteiger partial charge in [0.2, 0.25) is 0 Å². The fourth-order valence-corrected chi connectivity index (χ4v) is 5.34. The number of methoxy groups -OCH3 is 1. The summed E-state index contributed by atoms with van der Waals surface area (Å²) in [5.41, 5.74) is 0. The Morgan fingerprint density at radius 1 is 1.53 bits per heavy atom. The van der Waals surface area contributed by atoms with Gasteiger partial charge in [0.1, 0.15) is 0 Å². The number of hydrogen-bond donors (Lipinski definition) is 0. The van der Waals surface area contributed by atoms with Crippen LogP contribution >= 0.6 is 0 Å². The monoisotopic (exact) mass is 262 g/mol. The van der Waals surface area contributed by atoms with Crippen LogP contribution in [0.2, 0.25) is 0 Å². The predicted molar refractivity (Wildman–Crippen MR) is 60.7 cm³/mol. The maximum absolute atomic E-state index is 12.1. The van der Waals surface area contributed by atoms with Crippen LogP contribution in [0.15, 0.2) is 0 Å². The van der Waals surface area contributed by atoms with Gasteiger partial charge in [0.25, 0.3) is 10.1 Å². The fourth-order valence-electron chi connectivity index (χ4n) is 3.24. The van der Waals surface area contributed by atoms with Gasteiger partial charge in [-0.05, 0) is 25.7 Å². The lowest BCUT2D eigenvalue weighted by Gasteiger charge is -2.22. The molecule has 1 saturated carbocycles. The van der Waals surface area contributed by atoms with Gasteiger partial charge in [-0.3, -0.25) is 8.98 Å². The van der Waals surface area contributed by atoms with Gasteiger partial charge in [-0.2, -0.15) is 8.42 Å². The normalized spacial score (nSPS) is 43.4. The number of hydrogen-bond acceptors (Lipinski definition) is 5. The zero-order valence-corrected chi connectivity index (χ0v) is 11.1. The second kappa shape index (κ2) is 3.95. The topological polar surface area (TPSA) is 69.7 Å². The van der Waals surface area contributed by atoms with Gasteiger partial charge < -0.3 is 4.74 Å². The van der Waals surface area contributed by atoms with Crippen molar-refractivity contribution in [2.24, 2.45) is 11.8 Å². The van der Waals surface area contributed by atoms with Gasteiger partial charge in [0.15, 0.2) is 4.75 Å². The molecule has 5 nitrogen and oxygen atoms in total. The molecule has 1 aliphatic heterocycles. The number of esters is 1. The first-order chi connectivity index (χ1) is 7.89. The first-order valence-electron chi connectivity index (χ1n) is 5.90. The highest BCUT2D eigenvalue weighted by Crippen LogP contribution is 2.54. The van der Waals surface area contributed by atoms with Gasteiger partial charge in [0, 0.05) is 5.92 Å². The first kappa shape index (κ1) is 12.8. The van der Waals surface area contributed by atoms with Gasteiger partial charge in [-0.15, -0.1) is 0 Å². The molecule has 6 heteroatoms. The molecule has 4 atom stereocenters. The van der Waals surface area contributed by atoms with E-state index >= 15 is 0 Å². The van der Waals surface area contributed by atoms with Crippen LogP contribution in [0.25, 0.3) is 0 Å². The van der Waals surface area contributed by atoms with E-state index in [0.717, 1.165) is 6.42 Å². The van der Waals surface area contributed by atoms with Crippen molar-refractivity contribution in [2.45, 2.75) is 44.0 Å². The minimum atomic E-state index is -3.86. The van der Waals surface area contributed by atoms with Gasteiger partial charge in [0.05, 0.1) is 13.2 Å². The molecule has 17 heavy (non-hydrogen) atoms. The summed E-state index contributed by atoms with van der Waals surface area (Å²) in [5.74, 6) is -0.687. The van der Waals surface area contributed by atoms with Gasteiger partial charge in [-0.1, -0.05) is 13.3 Å². The molecule has 0 radical (unpaired) electrons. The van der Waals surface area contributed by atoms with Crippen molar-refractivity contribution in [2.75, 3.05) is 7.11 Å². The maximum Gasteiger partial charge on any atom is 0.330 e. The zero-order valence-electron chi connectivity index (χ0n) is 10.3. The Kier molecular flexibility index (Phi) is 2.98. The van der Waals surface area contributed by atoms with Crippen molar-refractivity contribution < 1.29 is 22.1 Å². The minimum Gasteiger partial charge on any atom is -0.468 e. The van der Waals surface area contributed by atoms with Crippen LogP contribution < -0.4 is 0 Å². The molecule has 1 aliphatic carbocycles. The second-order valence-corrected chi connectivity index (χ2v) is 6.79. The third-order valence-corrected chi connectivity index (χ3v) is 6.26. The molecule has 1 saturated heterocycles. The lowest BCUT2D eigenvalue weighted by atomic mass is 9.91. The summed E-state index contributed by atoms with van der Waals surface area (Å²) in [6, 6.07) is 0. The van der Waals surface area contributed by atoms with Gasteiger partial charge in [-0.25, -0.2) is 0 Å². The van der Waals surface area contributed by atoms with Crippen molar-refractivity contribution >= 4 is 16.1 Å². The highest BCUT2D eigenvalue weighted by atomic mass is 32.2. The summed E-state index contributed by atoms with van der Waals surface area (Å²) in [6.45, 7) is 3.72. The Labute approximate surface area is 102 Å². The van der Waals surface area contributed by atoms with E-state index in [2.05, 4.69) is 0 Å². The van der Waals surface area contributed by atoms with E-state index in [-0.39, 0.29) is 11.8 Å². The van der Waals surface area contributed by atoms with Crippen LogP contribution in [0.5, 0.6) is 0 Å². The molecule has 0 aromatic carbocycles. The Bertz CT molecular complexity index is 429. The summed E-state index contributed by atoms with van der Waals surface area (Å²) in [6.07, 6.45) is 1.48. The third-order valence-electron chi connectivity index (χ3n) is 4.18. The zero-order chi connectivity index (χ0) is 12.8. The molecule has 98 valence electrons. The molecule has 0 aromatic heterocycles. The molecule has 0 bridgehead atoms.